The third kappa shape index (κ3) is 3.44. The van der Waals surface area contributed by atoms with E-state index in [1.807, 2.05) is 0 Å². The molecule has 9 heteroatoms. The molecule has 0 spiro atoms. The van der Waals surface area contributed by atoms with Crippen LogP contribution in [0.15, 0.2) is 41.3 Å². The molecule has 26 heavy (non-hydrogen) atoms. The van der Waals surface area contributed by atoms with E-state index in [0.717, 1.165) is 17.7 Å². The predicted octanol–water partition coefficient (Wildman–Crippen LogP) is 2.45. The van der Waals surface area contributed by atoms with E-state index in [9.17, 15) is 23.4 Å². The Morgan fingerprint density at radius 3 is 2.54 bits per heavy atom. The van der Waals surface area contributed by atoms with Crippen molar-refractivity contribution in [2.45, 2.75) is 11.8 Å². The maximum Gasteiger partial charge on any atom is 0.339 e. The van der Waals surface area contributed by atoms with Gasteiger partial charge in [-0.1, -0.05) is 12.1 Å². The first-order valence-electron chi connectivity index (χ1n) is 7.37. The smallest absolute Gasteiger partial charge is 0.339 e. The molecular formula is C17H14N2O6S. The Morgan fingerprint density at radius 2 is 1.92 bits per heavy atom. The van der Waals surface area contributed by atoms with E-state index < -0.39 is 16.1 Å². The highest BCUT2D eigenvalue weighted by atomic mass is 32.2. The molecule has 0 radical (unpaired) electrons. The number of rotatable bonds is 4. The van der Waals surface area contributed by atoms with Crippen molar-refractivity contribution in [2.24, 2.45) is 0 Å². The Kier molecular flexibility index (Phi) is 4.26. The molecule has 0 saturated carbocycles. The molecule has 2 aromatic carbocycles. The molecule has 0 bridgehead atoms. The molecule has 0 amide bonds. The molecule has 8 nitrogen and oxygen atoms in total. The second kappa shape index (κ2) is 6.28. The number of carboxylic acid groups (broad SMARTS) is 1. The minimum absolute atomic E-state index is 0.0139. The lowest BCUT2D eigenvalue weighted by molar-refractivity contribution is -0.130. The lowest BCUT2D eigenvalue weighted by Crippen LogP contribution is -2.01. The summed E-state index contributed by atoms with van der Waals surface area (Å²) >= 11 is 0. The number of aromatic hydroxyl groups is 1. The van der Waals surface area contributed by atoms with Crippen molar-refractivity contribution in [3.63, 3.8) is 0 Å². The molecule has 134 valence electrons. The van der Waals surface area contributed by atoms with Crippen LogP contribution in [0.2, 0.25) is 0 Å². The van der Waals surface area contributed by atoms with E-state index in [1.165, 1.54) is 18.2 Å². The zero-order valence-corrected chi connectivity index (χ0v) is 14.3. The van der Waals surface area contributed by atoms with Crippen molar-refractivity contribution in [1.29, 1.82) is 0 Å². The van der Waals surface area contributed by atoms with Crippen LogP contribution in [0.1, 0.15) is 17.0 Å². The number of benzene rings is 2. The standard InChI is InChI=1S/C17H14N2O6S/c1-9-2-3-10(15(20)6-9)7-12(17(21)22)16-18-13-5-4-11(26(23,24)25)8-14(13)19-16/h2-8,20H,1H3,(H,18,19)(H,21,22)(H,23,24,25)/b12-7-. The number of aryl methyl sites for hydroxylation is 1. The highest BCUT2D eigenvalue weighted by molar-refractivity contribution is 7.85. The normalized spacial score (nSPS) is 12.5. The molecule has 3 rings (SSSR count). The quantitative estimate of drug-likeness (QED) is 0.406. The number of fused-ring (bicyclic) bond motifs is 1. The fraction of sp³-hybridized carbons (Fsp3) is 0.0588. The van der Waals surface area contributed by atoms with E-state index in [2.05, 4.69) is 9.97 Å². The van der Waals surface area contributed by atoms with Crippen LogP contribution in [0, 0.1) is 6.92 Å². The summed E-state index contributed by atoms with van der Waals surface area (Å²) in [5.74, 6) is -1.37. The molecule has 3 aromatic rings. The number of carbonyl (C=O) groups is 1. The van der Waals surface area contributed by atoms with Gasteiger partial charge in [0.2, 0.25) is 0 Å². The number of H-pyrrole nitrogens is 1. The second-order valence-electron chi connectivity index (χ2n) is 5.66. The maximum absolute atomic E-state index is 11.6. The largest absolute Gasteiger partial charge is 0.507 e. The number of phenols is 1. The van der Waals surface area contributed by atoms with Gasteiger partial charge in [0.25, 0.3) is 10.1 Å². The van der Waals surface area contributed by atoms with E-state index >= 15 is 0 Å². The van der Waals surface area contributed by atoms with Gasteiger partial charge in [-0.15, -0.1) is 0 Å². The lowest BCUT2D eigenvalue weighted by atomic mass is 10.1. The number of imidazole rings is 1. The average molecular weight is 374 g/mol. The molecule has 1 heterocycles. The summed E-state index contributed by atoms with van der Waals surface area (Å²) in [5.41, 5.74) is 1.47. The molecule has 4 N–H and O–H groups in total. The Labute approximate surface area is 148 Å². The van der Waals surface area contributed by atoms with Crippen molar-refractivity contribution < 1.29 is 28.0 Å². The number of hydrogen-bond donors (Lipinski definition) is 4. The van der Waals surface area contributed by atoms with Gasteiger partial charge in [0.05, 0.1) is 15.9 Å². The van der Waals surface area contributed by atoms with Crippen molar-refractivity contribution >= 4 is 38.8 Å². The van der Waals surface area contributed by atoms with Crippen molar-refractivity contribution in [1.82, 2.24) is 9.97 Å². The highest BCUT2D eigenvalue weighted by Gasteiger charge is 2.18. The van der Waals surface area contributed by atoms with E-state index in [4.69, 9.17) is 4.55 Å². The summed E-state index contributed by atoms with van der Waals surface area (Å²) in [7, 11) is -4.39. The highest BCUT2D eigenvalue weighted by Crippen LogP contribution is 2.26. The Bertz CT molecular complexity index is 1160. The second-order valence-corrected chi connectivity index (χ2v) is 7.09. The number of nitrogens with one attached hydrogen (secondary N) is 1. The van der Waals surface area contributed by atoms with E-state index in [-0.39, 0.29) is 27.6 Å². The monoisotopic (exact) mass is 374 g/mol. The molecule has 0 aliphatic heterocycles. The van der Waals surface area contributed by atoms with E-state index in [1.54, 1.807) is 19.1 Å². The van der Waals surface area contributed by atoms with Gasteiger partial charge in [-0.25, -0.2) is 9.78 Å². The van der Waals surface area contributed by atoms with Gasteiger partial charge in [0, 0.05) is 5.56 Å². The molecular weight excluding hydrogens is 360 g/mol. The molecule has 0 saturated heterocycles. The first-order valence-corrected chi connectivity index (χ1v) is 8.81. The fourth-order valence-corrected chi connectivity index (χ4v) is 2.95. The van der Waals surface area contributed by atoms with Crippen molar-refractivity contribution in [3.05, 3.63) is 53.3 Å². The van der Waals surface area contributed by atoms with Crippen LogP contribution >= 0.6 is 0 Å². The van der Waals surface area contributed by atoms with Gasteiger partial charge in [-0.3, -0.25) is 4.55 Å². The summed E-state index contributed by atoms with van der Waals surface area (Å²) in [5, 5.41) is 19.5. The summed E-state index contributed by atoms with van der Waals surface area (Å²) in [6.07, 6.45) is 1.26. The number of nitrogens with zero attached hydrogens (tertiary/aromatic N) is 1. The number of carboxylic acids is 1. The van der Waals surface area contributed by atoms with Gasteiger partial charge in [-0.2, -0.15) is 8.42 Å². The average Bonchev–Trinajstić information content (AvgIpc) is 2.95. The van der Waals surface area contributed by atoms with Gasteiger partial charge >= 0.3 is 5.97 Å². The summed E-state index contributed by atoms with van der Waals surface area (Å²) in [4.78, 5) is 18.2. The van der Waals surface area contributed by atoms with Crippen LogP contribution < -0.4 is 0 Å². The number of aliphatic carboxylic acids is 1. The van der Waals surface area contributed by atoms with Crippen LogP contribution in [-0.4, -0.2) is 39.1 Å². The van der Waals surface area contributed by atoms with Crippen LogP contribution in [0.4, 0.5) is 0 Å². The molecule has 0 atom stereocenters. The van der Waals surface area contributed by atoms with E-state index in [0.29, 0.717) is 11.1 Å². The predicted molar refractivity (Wildman–Crippen MR) is 94.3 cm³/mol. The molecule has 0 fully saturated rings. The maximum atomic E-state index is 11.6. The Balaban J connectivity index is 2.14. The van der Waals surface area contributed by atoms with Gasteiger partial charge in [0.15, 0.2) is 0 Å². The summed E-state index contributed by atoms with van der Waals surface area (Å²) < 4.78 is 31.5. The molecule has 0 aliphatic carbocycles. The van der Waals surface area contributed by atoms with Gasteiger partial charge in [0.1, 0.15) is 17.1 Å². The van der Waals surface area contributed by atoms with Gasteiger partial charge in [-0.05, 0) is 42.8 Å². The van der Waals surface area contributed by atoms with Crippen LogP contribution in [-0.2, 0) is 14.9 Å². The van der Waals surface area contributed by atoms with Crippen LogP contribution in [0.3, 0.4) is 0 Å². The third-order valence-corrected chi connectivity index (χ3v) is 4.57. The fourth-order valence-electron chi connectivity index (χ4n) is 2.44. The molecule has 0 unspecified atom stereocenters. The Morgan fingerprint density at radius 1 is 1.19 bits per heavy atom. The summed E-state index contributed by atoms with van der Waals surface area (Å²) in [6, 6.07) is 8.47. The van der Waals surface area contributed by atoms with Crippen molar-refractivity contribution in [3.8, 4) is 5.75 Å². The number of hydrogen-bond acceptors (Lipinski definition) is 5. The van der Waals surface area contributed by atoms with Crippen LogP contribution in [0.25, 0.3) is 22.7 Å². The number of aromatic nitrogens is 2. The minimum atomic E-state index is -4.39. The third-order valence-electron chi connectivity index (χ3n) is 3.72. The number of phenolic OH excluding ortho intramolecular Hbond substituents is 1. The SMILES string of the molecule is Cc1ccc(/C=C(\C(=O)O)c2nc3ccc(S(=O)(=O)O)cc3[nH]2)c(O)c1. The minimum Gasteiger partial charge on any atom is -0.507 e. The number of aromatic amines is 1. The first kappa shape index (κ1) is 17.6. The molecule has 1 aromatic heterocycles. The van der Waals surface area contributed by atoms with Crippen LogP contribution in [0.5, 0.6) is 5.75 Å². The first-order chi connectivity index (χ1) is 12.1. The Hall–Kier alpha value is -3.17. The summed E-state index contributed by atoms with van der Waals surface area (Å²) in [6.45, 7) is 1.79. The molecule has 0 aliphatic rings. The topological polar surface area (TPSA) is 141 Å². The van der Waals surface area contributed by atoms with Gasteiger partial charge < -0.3 is 15.2 Å². The lowest BCUT2D eigenvalue weighted by Gasteiger charge is -2.03. The van der Waals surface area contributed by atoms with Crippen molar-refractivity contribution in [2.75, 3.05) is 0 Å². The zero-order chi connectivity index (χ0) is 19.1. The zero-order valence-electron chi connectivity index (χ0n) is 13.5.